The summed E-state index contributed by atoms with van der Waals surface area (Å²) in [7, 11) is 0. The molecule has 0 aliphatic carbocycles. The summed E-state index contributed by atoms with van der Waals surface area (Å²) in [6, 6.07) is 26.3. The van der Waals surface area contributed by atoms with Gasteiger partial charge >= 0.3 is 0 Å². The highest BCUT2D eigenvalue weighted by molar-refractivity contribution is 7.80. The third-order valence-corrected chi connectivity index (χ3v) is 5.93. The van der Waals surface area contributed by atoms with Crippen molar-refractivity contribution >= 4 is 51.7 Å². The molecule has 0 spiro atoms. The standard InChI is InChI=1S/C28H19FN2O3S/c29-20-13-10-18(11-14-20)17-34-25-15-12-19-6-4-5-9-22(19)23(25)16-24-26(32)30-28(35)31(27(24)33)21-7-2-1-3-8-21/h1-16H,17H2,(H,30,32,35)/b24-16-. The lowest BCUT2D eigenvalue weighted by molar-refractivity contribution is -0.122. The molecule has 172 valence electrons. The number of thiocarbonyl (C=S) groups is 1. The van der Waals surface area contributed by atoms with Crippen molar-refractivity contribution in [2.75, 3.05) is 4.90 Å². The summed E-state index contributed by atoms with van der Waals surface area (Å²) < 4.78 is 19.3. The molecule has 1 fully saturated rings. The smallest absolute Gasteiger partial charge is 0.270 e. The molecule has 1 aliphatic rings. The fourth-order valence-corrected chi connectivity index (χ4v) is 4.19. The third kappa shape index (κ3) is 4.54. The highest BCUT2D eigenvalue weighted by Crippen LogP contribution is 2.32. The molecule has 1 saturated heterocycles. The van der Waals surface area contributed by atoms with Crippen LogP contribution in [0.5, 0.6) is 5.75 Å². The second-order valence-electron chi connectivity index (χ2n) is 7.91. The molecule has 1 heterocycles. The van der Waals surface area contributed by atoms with Crippen molar-refractivity contribution in [3.05, 3.63) is 114 Å². The maximum Gasteiger partial charge on any atom is 0.270 e. The van der Waals surface area contributed by atoms with E-state index in [1.807, 2.05) is 36.4 Å². The maximum absolute atomic E-state index is 13.4. The van der Waals surface area contributed by atoms with Crippen molar-refractivity contribution in [3.63, 3.8) is 0 Å². The largest absolute Gasteiger partial charge is 0.488 e. The van der Waals surface area contributed by atoms with Crippen LogP contribution in [0, 0.1) is 5.82 Å². The van der Waals surface area contributed by atoms with Gasteiger partial charge in [0, 0.05) is 5.56 Å². The van der Waals surface area contributed by atoms with Crippen LogP contribution in [0.1, 0.15) is 11.1 Å². The number of nitrogens with zero attached hydrogens (tertiary/aromatic N) is 1. The summed E-state index contributed by atoms with van der Waals surface area (Å²) in [6.45, 7) is 0.190. The SMILES string of the molecule is O=C1NC(=S)N(c2ccccc2)C(=O)/C1=C\c1c(OCc2ccc(F)cc2)ccc2ccccc12. The Morgan fingerprint density at radius 2 is 1.60 bits per heavy atom. The number of carbonyl (C=O) groups excluding carboxylic acids is 2. The predicted molar refractivity (Wildman–Crippen MR) is 137 cm³/mol. The fraction of sp³-hybridized carbons (Fsp3) is 0.0357. The van der Waals surface area contributed by atoms with Gasteiger partial charge < -0.3 is 4.74 Å². The van der Waals surface area contributed by atoms with Crippen molar-refractivity contribution in [3.8, 4) is 5.75 Å². The Morgan fingerprint density at radius 1 is 0.886 bits per heavy atom. The molecular weight excluding hydrogens is 463 g/mol. The first-order valence-corrected chi connectivity index (χ1v) is 11.3. The van der Waals surface area contributed by atoms with E-state index in [-0.39, 0.29) is 23.1 Å². The van der Waals surface area contributed by atoms with Gasteiger partial charge in [0.05, 0.1) is 5.69 Å². The number of carbonyl (C=O) groups is 2. The fourth-order valence-electron chi connectivity index (χ4n) is 3.91. The molecule has 0 radical (unpaired) electrons. The van der Waals surface area contributed by atoms with Crippen molar-refractivity contribution < 1.29 is 18.7 Å². The van der Waals surface area contributed by atoms with Crippen LogP contribution < -0.4 is 15.0 Å². The highest BCUT2D eigenvalue weighted by Gasteiger charge is 2.34. The molecule has 0 aromatic heterocycles. The minimum atomic E-state index is -0.579. The van der Waals surface area contributed by atoms with Gasteiger partial charge in [-0.05, 0) is 65.0 Å². The quantitative estimate of drug-likeness (QED) is 0.235. The van der Waals surface area contributed by atoms with Crippen LogP contribution in [0.3, 0.4) is 0 Å². The van der Waals surface area contributed by atoms with Gasteiger partial charge in [0.1, 0.15) is 23.7 Å². The number of hydrogen-bond donors (Lipinski definition) is 1. The molecule has 0 atom stereocenters. The first kappa shape index (κ1) is 22.4. The summed E-state index contributed by atoms with van der Waals surface area (Å²) in [6.07, 6.45) is 1.54. The first-order chi connectivity index (χ1) is 17.0. The van der Waals surface area contributed by atoms with Crippen LogP contribution in [-0.2, 0) is 16.2 Å². The topological polar surface area (TPSA) is 58.6 Å². The number of rotatable bonds is 5. The molecule has 5 rings (SSSR count). The lowest BCUT2D eigenvalue weighted by Crippen LogP contribution is -2.54. The molecule has 1 aliphatic heterocycles. The summed E-state index contributed by atoms with van der Waals surface area (Å²) in [5.41, 5.74) is 1.86. The molecule has 1 N–H and O–H groups in total. The van der Waals surface area contributed by atoms with E-state index in [0.29, 0.717) is 17.0 Å². The van der Waals surface area contributed by atoms with Crippen molar-refractivity contribution in [1.29, 1.82) is 0 Å². The van der Waals surface area contributed by atoms with Crippen LogP contribution in [-0.4, -0.2) is 16.9 Å². The first-order valence-electron chi connectivity index (χ1n) is 10.9. The Morgan fingerprint density at radius 3 is 2.37 bits per heavy atom. The van der Waals surface area contributed by atoms with Gasteiger partial charge in [-0.25, -0.2) is 4.39 Å². The number of amides is 2. The monoisotopic (exact) mass is 482 g/mol. The van der Waals surface area contributed by atoms with Crippen molar-refractivity contribution in [2.45, 2.75) is 6.61 Å². The number of anilines is 1. The molecule has 0 bridgehead atoms. The Hall–Kier alpha value is -4.36. The average molecular weight is 483 g/mol. The minimum absolute atomic E-state index is 0.0223. The van der Waals surface area contributed by atoms with E-state index in [1.54, 1.807) is 42.5 Å². The van der Waals surface area contributed by atoms with E-state index in [0.717, 1.165) is 16.3 Å². The predicted octanol–water partition coefficient (Wildman–Crippen LogP) is 5.39. The Labute approximate surface area is 206 Å². The Balaban J connectivity index is 1.58. The van der Waals surface area contributed by atoms with Crippen LogP contribution in [0.4, 0.5) is 10.1 Å². The van der Waals surface area contributed by atoms with Gasteiger partial charge in [-0.1, -0.05) is 60.7 Å². The lowest BCUT2D eigenvalue weighted by atomic mass is 9.99. The van der Waals surface area contributed by atoms with Crippen molar-refractivity contribution in [2.24, 2.45) is 0 Å². The molecular formula is C28H19FN2O3S. The summed E-state index contributed by atoms with van der Waals surface area (Å²) in [4.78, 5) is 27.6. The number of hydrogen-bond acceptors (Lipinski definition) is 4. The lowest BCUT2D eigenvalue weighted by Gasteiger charge is -2.29. The zero-order valence-corrected chi connectivity index (χ0v) is 19.2. The number of ether oxygens (including phenoxy) is 1. The molecule has 2 amide bonds. The molecule has 4 aromatic carbocycles. The van der Waals surface area contributed by atoms with Crippen LogP contribution in [0.25, 0.3) is 16.8 Å². The summed E-state index contributed by atoms with van der Waals surface area (Å²) >= 11 is 5.28. The van der Waals surface area contributed by atoms with Gasteiger partial charge in [0.2, 0.25) is 0 Å². The zero-order chi connectivity index (χ0) is 24.4. The molecule has 5 nitrogen and oxygen atoms in total. The molecule has 4 aromatic rings. The number of fused-ring (bicyclic) bond motifs is 1. The van der Waals surface area contributed by atoms with E-state index >= 15 is 0 Å². The van der Waals surface area contributed by atoms with E-state index in [4.69, 9.17) is 17.0 Å². The molecule has 0 unspecified atom stereocenters. The van der Waals surface area contributed by atoms with E-state index in [9.17, 15) is 14.0 Å². The summed E-state index contributed by atoms with van der Waals surface area (Å²) in [5, 5.41) is 4.37. The minimum Gasteiger partial charge on any atom is -0.488 e. The van der Waals surface area contributed by atoms with Gasteiger partial charge in [-0.3, -0.25) is 19.8 Å². The van der Waals surface area contributed by atoms with E-state index < -0.39 is 11.8 Å². The number of para-hydroxylation sites is 1. The third-order valence-electron chi connectivity index (χ3n) is 5.64. The van der Waals surface area contributed by atoms with Crippen molar-refractivity contribution in [1.82, 2.24) is 5.32 Å². The van der Waals surface area contributed by atoms with E-state index in [1.165, 1.54) is 23.1 Å². The van der Waals surface area contributed by atoms with Crippen LogP contribution in [0.2, 0.25) is 0 Å². The number of halogens is 1. The molecule has 7 heteroatoms. The number of benzene rings is 4. The second kappa shape index (κ2) is 9.48. The van der Waals surface area contributed by atoms with Crippen LogP contribution >= 0.6 is 12.2 Å². The molecule has 35 heavy (non-hydrogen) atoms. The highest BCUT2D eigenvalue weighted by atomic mass is 32.1. The Bertz CT molecular complexity index is 1480. The number of nitrogens with one attached hydrogen (secondary N) is 1. The maximum atomic E-state index is 13.4. The van der Waals surface area contributed by atoms with E-state index in [2.05, 4.69) is 5.32 Å². The molecule has 0 saturated carbocycles. The van der Waals surface area contributed by atoms with Gasteiger partial charge in [-0.2, -0.15) is 0 Å². The zero-order valence-electron chi connectivity index (χ0n) is 18.4. The second-order valence-corrected chi connectivity index (χ2v) is 8.29. The average Bonchev–Trinajstić information content (AvgIpc) is 2.87. The Kier molecular flexibility index (Phi) is 6.08. The van der Waals surface area contributed by atoms with Gasteiger partial charge in [-0.15, -0.1) is 0 Å². The van der Waals surface area contributed by atoms with Gasteiger partial charge in [0.25, 0.3) is 11.8 Å². The van der Waals surface area contributed by atoms with Gasteiger partial charge in [0.15, 0.2) is 5.11 Å². The normalized spacial score (nSPS) is 14.9. The van der Waals surface area contributed by atoms with Crippen LogP contribution in [0.15, 0.2) is 96.6 Å². The summed E-state index contributed by atoms with van der Waals surface area (Å²) in [5.74, 6) is -0.944.